The molecule has 1 N–H and O–H groups in total. The Morgan fingerprint density at radius 2 is 1.97 bits per heavy atom. The number of aliphatic hydroxyl groups is 1. The molecular formula is C22H24N2O5S. The molecule has 1 amide bonds. The van der Waals surface area contributed by atoms with E-state index < -0.39 is 17.7 Å². The topological polar surface area (TPSA) is 79.3 Å². The molecular weight excluding hydrogens is 404 g/mol. The van der Waals surface area contributed by atoms with Gasteiger partial charge in [0.1, 0.15) is 19.0 Å². The molecule has 1 saturated heterocycles. The lowest BCUT2D eigenvalue weighted by molar-refractivity contribution is -0.139. The minimum atomic E-state index is -0.661. The Labute approximate surface area is 179 Å². The maximum atomic E-state index is 13.0. The second-order valence-corrected chi connectivity index (χ2v) is 8.50. The number of Topliss-reactive ketones (excluding diaryl/α,β-unsaturated/α-hetero) is 1. The lowest BCUT2D eigenvalue weighted by Gasteiger charge is -2.25. The van der Waals surface area contributed by atoms with Gasteiger partial charge in [-0.2, -0.15) is 0 Å². The summed E-state index contributed by atoms with van der Waals surface area (Å²) in [6.07, 6.45) is 0.728. The first-order valence-corrected chi connectivity index (χ1v) is 10.7. The highest BCUT2D eigenvalue weighted by molar-refractivity contribution is 7.10. The van der Waals surface area contributed by atoms with Gasteiger partial charge in [0.15, 0.2) is 11.5 Å². The van der Waals surface area contributed by atoms with Gasteiger partial charge < -0.3 is 24.4 Å². The van der Waals surface area contributed by atoms with Crippen molar-refractivity contribution < 1.29 is 24.2 Å². The molecule has 0 aliphatic carbocycles. The Hall–Kier alpha value is -2.84. The fourth-order valence-electron chi connectivity index (χ4n) is 3.76. The third-order valence-corrected chi connectivity index (χ3v) is 6.10. The van der Waals surface area contributed by atoms with E-state index in [0.717, 1.165) is 17.8 Å². The van der Waals surface area contributed by atoms with E-state index in [1.165, 1.54) is 11.3 Å². The molecule has 3 heterocycles. The van der Waals surface area contributed by atoms with E-state index in [4.69, 9.17) is 9.47 Å². The number of hydrogen-bond acceptors (Lipinski definition) is 7. The largest absolute Gasteiger partial charge is 0.507 e. The molecule has 7 nitrogen and oxygen atoms in total. The molecule has 0 spiro atoms. The van der Waals surface area contributed by atoms with Gasteiger partial charge in [-0.25, -0.2) is 0 Å². The van der Waals surface area contributed by atoms with Crippen molar-refractivity contribution in [2.45, 2.75) is 12.5 Å². The van der Waals surface area contributed by atoms with Gasteiger partial charge in [0.25, 0.3) is 11.7 Å². The van der Waals surface area contributed by atoms with Crippen LogP contribution in [0.15, 0.2) is 41.3 Å². The van der Waals surface area contributed by atoms with Gasteiger partial charge in [0.2, 0.25) is 0 Å². The smallest absolute Gasteiger partial charge is 0.295 e. The van der Waals surface area contributed by atoms with Gasteiger partial charge in [0, 0.05) is 17.0 Å². The molecule has 2 aliphatic heterocycles. The van der Waals surface area contributed by atoms with Crippen molar-refractivity contribution in [3.8, 4) is 11.5 Å². The lowest BCUT2D eigenvalue weighted by Crippen LogP contribution is -2.32. The van der Waals surface area contributed by atoms with Gasteiger partial charge in [0.05, 0.1) is 11.6 Å². The second kappa shape index (κ2) is 8.49. The number of thiophene rings is 1. The van der Waals surface area contributed by atoms with Gasteiger partial charge in [-0.1, -0.05) is 6.07 Å². The summed E-state index contributed by atoms with van der Waals surface area (Å²) in [5.41, 5.74) is 0.538. The number of carbonyl (C=O) groups is 2. The fraction of sp³-hybridized carbons (Fsp3) is 0.364. The highest BCUT2D eigenvalue weighted by Gasteiger charge is 2.46. The number of ether oxygens (including phenoxy) is 2. The minimum Gasteiger partial charge on any atom is -0.507 e. The van der Waals surface area contributed by atoms with Crippen LogP contribution in [0.25, 0.3) is 5.76 Å². The third kappa shape index (κ3) is 3.80. The Bertz CT molecular complexity index is 983. The molecule has 1 fully saturated rings. The molecule has 1 atom stereocenters. The van der Waals surface area contributed by atoms with E-state index in [1.807, 2.05) is 36.5 Å². The molecule has 0 saturated carbocycles. The predicted octanol–water partition coefficient (Wildman–Crippen LogP) is 2.89. The van der Waals surface area contributed by atoms with Crippen molar-refractivity contribution in [1.29, 1.82) is 0 Å². The number of benzene rings is 1. The summed E-state index contributed by atoms with van der Waals surface area (Å²) in [6, 6.07) is 8.20. The molecule has 4 rings (SSSR count). The average molecular weight is 429 g/mol. The molecule has 2 aromatic rings. The molecule has 1 aromatic heterocycles. The number of aliphatic hydroxyl groups excluding tert-OH is 1. The summed E-state index contributed by atoms with van der Waals surface area (Å²) in [6.45, 7) is 2.11. The summed E-state index contributed by atoms with van der Waals surface area (Å²) in [7, 11) is 3.93. The number of ketones is 1. The highest BCUT2D eigenvalue weighted by atomic mass is 32.1. The molecule has 0 radical (unpaired) electrons. The van der Waals surface area contributed by atoms with E-state index in [-0.39, 0.29) is 11.3 Å². The maximum absolute atomic E-state index is 13.0. The van der Waals surface area contributed by atoms with E-state index in [1.54, 1.807) is 23.1 Å². The van der Waals surface area contributed by atoms with Crippen LogP contribution in [0.4, 0.5) is 0 Å². The van der Waals surface area contributed by atoms with Crippen molar-refractivity contribution in [2.24, 2.45) is 0 Å². The molecule has 0 unspecified atom stereocenters. The number of amides is 1. The molecule has 2 aliphatic rings. The Morgan fingerprint density at radius 3 is 2.67 bits per heavy atom. The molecule has 8 heteroatoms. The number of fused-ring (bicyclic) bond motifs is 1. The SMILES string of the molecule is CN(C)CCCN1C(=O)C(=O)C(=C(O)c2ccc3c(c2)OCCO3)[C@@H]1c1cccs1. The Morgan fingerprint density at radius 1 is 1.20 bits per heavy atom. The van der Waals surface area contributed by atoms with Crippen LogP contribution in [-0.4, -0.2) is 67.0 Å². The van der Waals surface area contributed by atoms with E-state index in [9.17, 15) is 14.7 Å². The van der Waals surface area contributed by atoms with Crippen LogP contribution in [0.5, 0.6) is 11.5 Å². The van der Waals surface area contributed by atoms with Crippen LogP contribution in [0.2, 0.25) is 0 Å². The summed E-state index contributed by atoms with van der Waals surface area (Å²) in [5, 5.41) is 13.0. The number of nitrogens with zero attached hydrogens (tertiary/aromatic N) is 2. The van der Waals surface area contributed by atoms with Crippen LogP contribution >= 0.6 is 11.3 Å². The van der Waals surface area contributed by atoms with Gasteiger partial charge >= 0.3 is 0 Å². The van der Waals surface area contributed by atoms with Crippen LogP contribution < -0.4 is 9.47 Å². The molecule has 158 valence electrons. The lowest BCUT2D eigenvalue weighted by atomic mass is 9.99. The maximum Gasteiger partial charge on any atom is 0.295 e. The van der Waals surface area contributed by atoms with E-state index in [2.05, 4.69) is 0 Å². The standard InChI is InChI=1S/C22H24N2O5S/c1-23(2)8-4-9-24-19(17-5-3-12-30-17)18(21(26)22(24)27)20(25)14-6-7-15-16(13-14)29-11-10-28-15/h3,5-7,12-13,19,25H,4,8-11H2,1-2H3/t19-/m0/s1. The van der Waals surface area contributed by atoms with Crippen molar-refractivity contribution in [3.63, 3.8) is 0 Å². The van der Waals surface area contributed by atoms with Crippen molar-refractivity contribution in [1.82, 2.24) is 9.80 Å². The van der Waals surface area contributed by atoms with Crippen LogP contribution in [-0.2, 0) is 9.59 Å². The Balaban J connectivity index is 1.74. The normalized spacial score (nSPS) is 20.2. The Kier molecular flexibility index (Phi) is 5.78. The van der Waals surface area contributed by atoms with Crippen LogP contribution in [0, 0.1) is 0 Å². The number of carbonyl (C=O) groups excluding carboxylic acids is 2. The fourth-order valence-corrected chi connectivity index (χ4v) is 4.60. The zero-order chi connectivity index (χ0) is 21.3. The molecule has 0 bridgehead atoms. The molecule has 30 heavy (non-hydrogen) atoms. The first-order chi connectivity index (χ1) is 14.5. The minimum absolute atomic E-state index is 0.115. The summed E-state index contributed by atoms with van der Waals surface area (Å²) < 4.78 is 11.1. The molecule has 1 aromatic carbocycles. The number of likely N-dealkylation sites (tertiary alicyclic amines) is 1. The highest BCUT2D eigenvalue weighted by Crippen LogP contribution is 2.42. The van der Waals surface area contributed by atoms with E-state index in [0.29, 0.717) is 36.8 Å². The number of hydrogen-bond donors (Lipinski definition) is 1. The summed E-state index contributed by atoms with van der Waals surface area (Å²) in [4.78, 5) is 30.2. The first-order valence-electron chi connectivity index (χ1n) is 9.84. The predicted molar refractivity (Wildman–Crippen MR) is 114 cm³/mol. The third-order valence-electron chi connectivity index (χ3n) is 5.17. The number of rotatable bonds is 6. The van der Waals surface area contributed by atoms with Crippen molar-refractivity contribution >= 4 is 28.8 Å². The van der Waals surface area contributed by atoms with Gasteiger partial charge in [-0.15, -0.1) is 11.3 Å². The zero-order valence-corrected chi connectivity index (χ0v) is 17.8. The average Bonchev–Trinajstić information content (AvgIpc) is 3.35. The summed E-state index contributed by atoms with van der Waals surface area (Å²) >= 11 is 1.46. The summed E-state index contributed by atoms with van der Waals surface area (Å²) in [5.74, 6) is -0.328. The van der Waals surface area contributed by atoms with Crippen molar-refractivity contribution in [3.05, 3.63) is 51.7 Å². The monoisotopic (exact) mass is 428 g/mol. The zero-order valence-electron chi connectivity index (χ0n) is 17.0. The first kappa shape index (κ1) is 20.4. The van der Waals surface area contributed by atoms with Gasteiger partial charge in [-0.05, 0) is 56.7 Å². The van der Waals surface area contributed by atoms with Crippen LogP contribution in [0.3, 0.4) is 0 Å². The van der Waals surface area contributed by atoms with Gasteiger partial charge in [-0.3, -0.25) is 9.59 Å². The van der Waals surface area contributed by atoms with Crippen molar-refractivity contribution in [2.75, 3.05) is 40.4 Å². The van der Waals surface area contributed by atoms with Crippen LogP contribution in [0.1, 0.15) is 22.9 Å². The van der Waals surface area contributed by atoms with E-state index >= 15 is 0 Å². The quantitative estimate of drug-likeness (QED) is 0.433. The second-order valence-electron chi connectivity index (χ2n) is 7.52.